The van der Waals surface area contributed by atoms with Gasteiger partial charge in [-0.05, 0) is 44.4 Å². The van der Waals surface area contributed by atoms with Crippen LogP contribution in [0.1, 0.15) is 44.1 Å². The minimum atomic E-state index is 0.551. The first kappa shape index (κ1) is 14.1. The monoisotopic (exact) mass is 260 g/mol. The third-order valence-corrected chi connectivity index (χ3v) is 3.58. The molecular weight excluding hydrogens is 236 g/mol. The molecule has 3 rings (SSSR count). The maximum absolute atomic E-state index is 5.44. The van der Waals surface area contributed by atoms with Gasteiger partial charge in [-0.25, -0.2) is 4.98 Å². The summed E-state index contributed by atoms with van der Waals surface area (Å²) in [5.74, 6) is 1.12. The van der Waals surface area contributed by atoms with E-state index in [4.69, 9.17) is 4.74 Å². The van der Waals surface area contributed by atoms with Gasteiger partial charge < -0.3 is 9.30 Å². The molecule has 0 atom stereocenters. The average molecular weight is 260 g/mol. The zero-order chi connectivity index (χ0) is 13.8. The number of ether oxygens (including phenoxy) is 1. The van der Waals surface area contributed by atoms with Crippen LogP contribution >= 0.6 is 0 Å². The fourth-order valence-corrected chi connectivity index (χ4v) is 2.73. The second kappa shape index (κ2) is 6.20. The Morgan fingerprint density at radius 3 is 2.53 bits per heavy atom. The van der Waals surface area contributed by atoms with Gasteiger partial charge >= 0.3 is 0 Å². The molecule has 3 heteroatoms. The molecule has 0 aliphatic carbocycles. The zero-order valence-electron chi connectivity index (χ0n) is 12.4. The summed E-state index contributed by atoms with van der Waals surface area (Å²) in [5.41, 5.74) is 3.68. The normalized spacial score (nSPS) is 16.2. The SMILES string of the molecule is CC.Cc1ccc2nc(C)n(C3CCOCC3)c2c1. The Balaban J connectivity index is 0.000000637. The molecule has 19 heavy (non-hydrogen) atoms. The van der Waals surface area contributed by atoms with Gasteiger partial charge in [-0.3, -0.25) is 0 Å². The summed E-state index contributed by atoms with van der Waals surface area (Å²) < 4.78 is 7.83. The van der Waals surface area contributed by atoms with Crippen LogP contribution in [0.25, 0.3) is 11.0 Å². The Morgan fingerprint density at radius 2 is 1.84 bits per heavy atom. The van der Waals surface area contributed by atoms with Crippen molar-refractivity contribution >= 4 is 11.0 Å². The molecule has 0 amide bonds. The summed E-state index contributed by atoms with van der Waals surface area (Å²) in [7, 11) is 0. The van der Waals surface area contributed by atoms with Crippen LogP contribution in [-0.2, 0) is 4.74 Å². The van der Waals surface area contributed by atoms with E-state index >= 15 is 0 Å². The van der Waals surface area contributed by atoms with Crippen molar-refractivity contribution in [3.05, 3.63) is 29.6 Å². The maximum Gasteiger partial charge on any atom is 0.106 e. The topological polar surface area (TPSA) is 27.1 Å². The summed E-state index contributed by atoms with van der Waals surface area (Å²) >= 11 is 0. The Labute approximate surface area is 115 Å². The van der Waals surface area contributed by atoms with Gasteiger partial charge in [0.05, 0.1) is 11.0 Å². The van der Waals surface area contributed by atoms with Gasteiger partial charge in [-0.15, -0.1) is 0 Å². The summed E-state index contributed by atoms with van der Waals surface area (Å²) in [6, 6.07) is 7.04. The van der Waals surface area contributed by atoms with Gasteiger partial charge in [0.15, 0.2) is 0 Å². The van der Waals surface area contributed by atoms with Crippen LogP contribution in [0.4, 0.5) is 0 Å². The van der Waals surface area contributed by atoms with Gasteiger partial charge in [0.25, 0.3) is 0 Å². The molecule has 0 radical (unpaired) electrons. The molecule has 1 saturated heterocycles. The van der Waals surface area contributed by atoms with Crippen molar-refractivity contribution in [2.75, 3.05) is 13.2 Å². The van der Waals surface area contributed by atoms with E-state index in [0.29, 0.717) is 6.04 Å². The molecule has 1 fully saturated rings. The fraction of sp³-hybridized carbons (Fsp3) is 0.562. The molecule has 0 saturated carbocycles. The summed E-state index contributed by atoms with van der Waals surface area (Å²) in [6.07, 6.45) is 2.19. The van der Waals surface area contributed by atoms with Crippen LogP contribution in [0.2, 0.25) is 0 Å². The van der Waals surface area contributed by atoms with Crippen LogP contribution in [0.3, 0.4) is 0 Å². The van der Waals surface area contributed by atoms with Crippen molar-refractivity contribution in [3.8, 4) is 0 Å². The Morgan fingerprint density at radius 1 is 1.16 bits per heavy atom. The third-order valence-electron chi connectivity index (χ3n) is 3.58. The third kappa shape index (κ3) is 2.81. The highest BCUT2D eigenvalue weighted by Crippen LogP contribution is 2.28. The van der Waals surface area contributed by atoms with E-state index in [0.717, 1.165) is 37.4 Å². The molecule has 1 aromatic carbocycles. The van der Waals surface area contributed by atoms with Crippen molar-refractivity contribution in [3.63, 3.8) is 0 Å². The fourth-order valence-electron chi connectivity index (χ4n) is 2.73. The van der Waals surface area contributed by atoms with E-state index in [9.17, 15) is 0 Å². The number of imidazole rings is 1. The van der Waals surface area contributed by atoms with E-state index in [-0.39, 0.29) is 0 Å². The second-order valence-corrected chi connectivity index (χ2v) is 4.86. The summed E-state index contributed by atoms with van der Waals surface area (Å²) in [4.78, 5) is 4.65. The van der Waals surface area contributed by atoms with Crippen LogP contribution in [0, 0.1) is 13.8 Å². The predicted octanol–water partition coefficient (Wildman–Crippen LogP) is 4.03. The number of fused-ring (bicyclic) bond motifs is 1. The van der Waals surface area contributed by atoms with Gasteiger partial charge in [-0.2, -0.15) is 0 Å². The maximum atomic E-state index is 5.44. The Bertz CT molecular complexity index is 539. The molecule has 0 bridgehead atoms. The number of aryl methyl sites for hydroxylation is 2. The van der Waals surface area contributed by atoms with Crippen LogP contribution < -0.4 is 0 Å². The molecule has 1 aromatic heterocycles. The molecule has 2 aromatic rings. The smallest absolute Gasteiger partial charge is 0.106 e. The Hall–Kier alpha value is -1.35. The van der Waals surface area contributed by atoms with Gasteiger partial charge in [-0.1, -0.05) is 19.9 Å². The van der Waals surface area contributed by atoms with Gasteiger partial charge in [0, 0.05) is 19.3 Å². The predicted molar refractivity (Wildman–Crippen MR) is 79.6 cm³/mol. The largest absolute Gasteiger partial charge is 0.381 e. The number of hydrogen-bond acceptors (Lipinski definition) is 2. The summed E-state index contributed by atoms with van der Waals surface area (Å²) in [6.45, 7) is 9.98. The highest BCUT2D eigenvalue weighted by atomic mass is 16.5. The zero-order valence-corrected chi connectivity index (χ0v) is 12.4. The van der Waals surface area contributed by atoms with Crippen LogP contribution in [0.5, 0.6) is 0 Å². The van der Waals surface area contributed by atoms with E-state index in [1.807, 2.05) is 13.8 Å². The molecule has 0 spiro atoms. The molecular formula is C16H24N2O. The van der Waals surface area contributed by atoms with Crippen molar-refractivity contribution in [2.24, 2.45) is 0 Å². The van der Waals surface area contributed by atoms with Crippen LogP contribution in [0.15, 0.2) is 18.2 Å². The number of benzene rings is 1. The number of hydrogen-bond donors (Lipinski definition) is 0. The number of rotatable bonds is 1. The van der Waals surface area contributed by atoms with E-state index < -0.39 is 0 Å². The first-order valence-corrected chi connectivity index (χ1v) is 7.28. The molecule has 2 heterocycles. The highest BCUT2D eigenvalue weighted by Gasteiger charge is 2.19. The highest BCUT2D eigenvalue weighted by molar-refractivity contribution is 5.77. The number of aromatic nitrogens is 2. The quantitative estimate of drug-likeness (QED) is 0.774. The van der Waals surface area contributed by atoms with Crippen molar-refractivity contribution < 1.29 is 4.74 Å². The van der Waals surface area contributed by atoms with E-state index in [1.165, 1.54) is 11.1 Å². The van der Waals surface area contributed by atoms with Crippen molar-refractivity contribution in [2.45, 2.75) is 46.6 Å². The van der Waals surface area contributed by atoms with Crippen molar-refractivity contribution in [1.29, 1.82) is 0 Å². The molecule has 3 nitrogen and oxygen atoms in total. The second-order valence-electron chi connectivity index (χ2n) is 4.86. The first-order chi connectivity index (χ1) is 9.25. The molecule has 1 aliphatic rings. The Kier molecular flexibility index (Phi) is 4.59. The minimum Gasteiger partial charge on any atom is -0.381 e. The first-order valence-electron chi connectivity index (χ1n) is 7.28. The lowest BCUT2D eigenvalue weighted by Gasteiger charge is -2.25. The number of nitrogens with zero attached hydrogens (tertiary/aromatic N) is 2. The van der Waals surface area contributed by atoms with Gasteiger partial charge in [0.1, 0.15) is 5.82 Å². The molecule has 104 valence electrons. The van der Waals surface area contributed by atoms with E-state index in [1.54, 1.807) is 0 Å². The molecule has 1 aliphatic heterocycles. The van der Waals surface area contributed by atoms with Crippen LogP contribution in [-0.4, -0.2) is 22.8 Å². The average Bonchev–Trinajstić information content (AvgIpc) is 2.77. The van der Waals surface area contributed by atoms with E-state index in [2.05, 4.69) is 41.6 Å². The lowest BCUT2D eigenvalue weighted by atomic mass is 10.1. The van der Waals surface area contributed by atoms with Gasteiger partial charge in [0.2, 0.25) is 0 Å². The molecule has 0 N–H and O–H groups in total. The minimum absolute atomic E-state index is 0.551. The summed E-state index contributed by atoms with van der Waals surface area (Å²) in [5, 5.41) is 0. The standard InChI is InChI=1S/C14H18N2O.C2H6/c1-10-3-4-13-14(9-10)16(11(2)15-13)12-5-7-17-8-6-12;1-2/h3-4,9,12H,5-8H2,1-2H3;1-2H3. The lowest BCUT2D eigenvalue weighted by Crippen LogP contribution is -2.20. The lowest BCUT2D eigenvalue weighted by molar-refractivity contribution is 0.0701. The molecule has 0 unspecified atom stereocenters. The van der Waals surface area contributed by atoms with Crippen molar-refractivity contribution in [1.82, 2.24) is 9.55 Å².